The van der Waals surface area contributed by atoms with Gasteiger partial charge >= 0.3 is 0 Å². The molecular formula is C13H27NO. The summed E-state index contributed by atoms with van der Waals surface area (Å²) in [6.45, 7) is 7.79. The van der Waals surface area contributed by atoms with Crippen molar-refractivity contribution in [2.75, 3.05) is 13.7 Å². The molecule has 0 aromatic carbocycles. The average molecular weight is 213 g/mol. The fourth-order valence-electron chi connectivity index (χ4n) is 3.00. The van der Waals surface area contributed by atoms with E-state index in [4.69, 9.17) is 4.74 Å². The number of nitrogens with one attached hydrogen (secondary N) is 1. The first kappa shape index (κ1) is 13.0. The van der Waals surface area contributed by atoms with Crippen molar-refractivity contribution in [3.63, 3.8) is 0 Å². The molecule has 1 N–H and O–H groups in total. The molecule has 0 aliphatic carbocycles. The molecule has 2 unspecified atom stereocenters. The molecular weight excluding hydrogens is 186 g/mol. The minimum atomic E-state index is 0.0592. The first-order valence-corrected chi connectivity index (χ1v) is 6.49. The summed E-state index contributed by atoms with van der Waals surface area (Å²) >= 11 is 0. The lowest BCUT2D eigenvalue weighted by Crippen LogP contribution is -2.54. The van der Waals surface area contributed by atoms with Crippen molar-refractivity contribution in [2.45, 2.75) is 64.5 Å². The molecule has 15 heavy (non-hydrogen) atoms. The van der Waals surface area contributed by atoms with Crippen LogP contribution in [-0.4, -0.2) is 25.3 Å². The van der Waals surface area contributed by atoms with Gasteiger partial charge < -0.3 is 10.1 Å². The van der Waals surface area contributed by atoms with Crippen molar-refractivity contribution in [1.82, 2.24) is 5.32 Å². The van der Waals surface area contributed by atoms with Gasteiger partial charge in [0.15, 0.2) is 0 Å². The Morgan fingerprint density at radius 1 is 1.27 bits per heavy atom. The van der Waals surface area contributed by atoms with Crippen LogP contribution < -0.4 is 5.32 Å². The molecule has 0 amide bonds. The second-order valence-corrected chi connectivity index (χ2v) is 4.96. The zero-order valence-corrected chi connectivity index (χ0v) is 10.8. The smallest absolute Gasteiger partial charge is 0.0809 e. The highest BCUT2D eigenvalue weighted by molar-refractivity contribution is 4.94. The third kappa shape index (κ3) is 2.94. The van der Waals surface area contributed by atoms with Crippen molar-refractivity contribution in [1.29, 1.82) is 0 Å². The number of ether oxygens (including phenoxy) is 1. The van der Waals surface area contributed by atoms with E-state index >= 15 is 0 Å². The molecule has 1 fully saturated rings. The maximum atomic E-state index is 6.04. The maximum Gasteiger partial charge on any atom is 0.0809 e. The number of hydrogen-bond donors (Lipinski definition) is 1. The van der Waals surface area contributed by atoms with E-state index in [2.05, 4.69) is 33.1 Å². The second kappa shape index (κ2) is 5.86. The van der Waals surface area contributed by atoms with Gasteiger partial charge in [-0.1, -0.05) is 26.7 Å². The highest BCUT2D eigenvalue weighted by atomic mass is 16.5. The maximum absolute atomic E-state index is 6.04. The van der Waals surface area contributed by atoms with E-state index in [1.807, 2.05) is 0 Å². The summed E-state index contributed by atoms with van der Waals surface area (Å²) in [6.07, 6.45) is 6.22. The molecule has 1 aliphatic rings. The SMILES string of the molecule is CCC(CC)C(NC)C1(C)CCCCO1. The van der Waals surface area contributed by atoms with Crippen LogP contribution in [0.25, 0.3) is 0 Å². The fraction of sp³-hybridized carbons (Fsp3) is 1.00. The van der Waals surface area contributed by atoms with Crippen molar-refractivity contribution in [2.24, 2.45) is 5.92 Å². The van der Waals surface area contributed by atoms with Crippen molar-refractivity contribution >= 4 is 0 Å². The highest BCUT2D eigenvalue weighted by Gasteiger charge is 2.39. The van der Waals surface area contributed by atoms with Gasteiger partial charge in [0.1, 0.15) is 0 Å². The van der Waals surface area contributed by atoms with Crippen LogP contribution in [-0.2, 0) is 4.74 Å². The molecule has 0 saturated carbocycles. The molecule has 2 heteroatoms. The van der Waals surface area contributed by atoms with E-state index in [1.165, 1.54) is 32.1 Å². The molecule has 0 aromatic heterocycles. The minimum absolute atomic E-state index is 0.0592. The summed E-state index contributed by atoms with van der Waals surface area (Å²) in [5.41, 5.74) is 0.0592. The van der Waals surface area contributed by atoms with Gasteiger partial charge in [-0.2, -0.15) is 0 Å². The lowest BCUT2D eigenvalue weighted by Gasteiger charge is -2.44. The van der Waals surface area contributed by atoms with Crippen LogP contribution in [0.1, 0.15) is 52.9 Å². The first-order chi connectivity index (χ1) is 7.18. The summed E-state index contributed by atoms with van der Waals surface area (Å²) < 4.78 is 6.04. The van der Waals surface area contributed by atoms with E-state index in [1.54, 1.807) is 0 Å². The molecule has 0 aromatic rings. The number of likely N-dealkylation sites (N-methyl/N-ethyl adjacent to an activating group) is 1. The molecule has 90 valence electrons. The van der Waals surface area contributed by atoms with Gasteiger partial charge in [-0.25, -0.2) is 0 Å². The predicted molar refractivity (Wildman–Crippen MR) is 65.1 cm³/mol. The van der Waals surface area contributed by atoms with Crippen LogP contribution in [0.15, 0.2) is 0 Å². The number of hydrogen-bond acceptors (Lipinski definition) is 2. The van der Waals surface area contributed by atoms with Crippen molar-refractivity contribution in [3.8, 4) is 0 Å². The molecule has 1 aliphatic heterocycles. The van der Waals surface area contributed by atoms with E-state index in [9.17, 15) is 0 Å². The molecule has 0 radical (unpaired) electrons. The Morgan fingerprint density at radius 3 is 2.33 bits per heavy atom. The molecule has 2 atom stereocenters. The number of rotatable bonds is 5. The lowest BCUT2D eigenvalue weighted by atomic mass is 9.79. The Kier molecular flexibility index (Phi) is 5.07. The van der Waals surface area contributed by atoms with E-state index < -0.39 is 0 Å². The Hall–Kier alpha value is -0.0800. The topological polar surface area (TPSA) is 21.3 Å². The second-order valence-electron chi connectivity index (χ2n) is 4.96. The Bertz CT molecular complexity index is 171. The zero-order valence-electron chi connectivity index (χ0n) is 10.8. The third-order valence-electron chi connectivity index (χ3n) is 3.99. The van der Waals surface area contributed by atoms with Gasteiger partial charge in [-0.15, -0.1) is 0 Å². The van der Waals surface area contributed by atoms with Crippen LogP contribution >= 0.6 is 0 Å². The van der Waals surface area contributed by atoms with E-state index in [0.717, 1.165) is 12.5 Å². The van der Waals surface area contributed by atoms with Gasteiger partial charge in [0.2, 0.25) is 0 Å². The van der Waals surface area contributed by atoms with Crippen molar-refractivity contribution < 1.29 is 4.74 Å². The molecule has 0 bridgehead atoms. The molecule has 1 saturated heterocycles. The monoisotopic (exact) mass is 213 g/mol. The summed E-state index contributed by atoms with van der Waals surface area (Å²) in [4.78, 5) is 0. The van der Waals surface area contributed by atoms with Gasteiger partial charge in [-0.3, -0.25) is 0 Å². The van der Waals surface area contributed by atoms with Gasteiger partial charge in [-0.05, 0) is 39.2 Å². The lowest BCUT2D eigenvalue weighted by molar-refractivity contribution is -0.0996. The normalized spacial score (nSPS) is 29.4. The summed E-state index contributed by atoms with van der Waals surface area (Å²) in [6, 6.07) is 0.507. The van der Waals surface area contributed by atoms with Gasteiger partial charge in [0.05, 0.1) is 5.60 Å². The fourth-order valence-corrected chi connectivity index (χ4v) is 3.00. The van der Waals surface area contributed by atoms with Crippen LogP contribution in [0.3, 0.4) is 0 Å². The first-order valence-electron chi connectivity index (χ1n) is 6.49. The third-order valence-corrected chi connectivity index (χ3v) is 3.99. The van der Waals surface area contributed by atoms with Crippen LogP contribution in [0, 0.1) is 5.92 Å². The summed E-state index contributed by atoms with van der Waals surface area (Å²) in [7, 11) is 2.08. The van der Waals surface area contributed by atoms with Crippen LogP contribution in [0.2, 0.25) is 0 Å². The minimum Gasteiger partial charge on any atom is -0.374 e. The molecule has 1 heterocycles. The Labute approximate surface area is 94.8 Å². The quantitative estimate of drug-likeness (QED) is 0.758. The standard InChI is InChI=1S/C13H27NO/c1-5-11(6-2)12(14-4)13(3)9-7-8-10-15-13/h11-12,14H,5-10H2,1-4H3. The summed E-state index contributed by atoms with van der Waals surface area (Å²) in [5, 5.41) is 3.49. The largest absolute Gasteiger partial charge is 0.374 e. The van der Waals surface area contributed by atoms with Crippen LogP contribution in [0.4, 0.5) is 0 Å². The van der Waals surface area contributed by atoms with Crippen LogP contribution in [0.5, 0.6) is 0 Å². The highest BCUT2D eigenvalue weighted by Crippen LogP contribution is 2.33. The molecule has 0 spiro atoms. The Balaban J connectivity index is 2.69. The average Bonchev–Trinajstić information content (AvgIpc) is 2.26. The molecule has 2 nitrogen and oxygen atoms in total. The zero-order chi connectivity index (χ0) is 11.3. The van der Waals surface area contributed by atoms with E-state index in [-0.39, 0.29) is 5.60 Å². The van der Waals surface area contributed by atoms with Gasteiger partial charge in [0.25, 0.3) is 0 Å². The molecule has 1 rings (SSSR count). The van der Waals surface area contributed by atoms with Gasteiger partial charge in [0, 0.05) is 12.6 Å². The van der Waals surface area contributed by atoms with Crippen molar-refractivity contribution in [3.05, 3.63) is 0 Å². The van der Waals surface area contributed by atoms with E-state index in [0.29, 0.717) is 6.04 Å². The summed E-state index contributed by atoms with van der Waals surface area (Å²) in [5.74, 6) is 0.734. The Morgan fingerprint density at radius 2 is 1.93 bits per heavy atom. The predicted octanol–water partition coefficient (Wildman–Crippen LogP) is 2.97.